The second kappa shape index (κ2) is 7.92. The summed E-state index contributed by atoms with van der Waals surface area (Å²) in [5.41, 5.74) is 1.83. The minimum Gasteiger partial charge on any atom is -0.367 e. The molecule has 0 amide bonds. The number of fused-ring (bicyclic) bond motifs is 3. The molecule has 2 fully saturated rings. The molecule has 30 heavy (non-hydrogen) atoms. The maximum atomic E-state index is 8.96. The number of nitrogens with one attached hydrogen (secondary N) is 3. The number of rotatable bonds is 6. The maximum Gasteiger partial charge on any atom is 0.138 e. The molecule has 0 radical (unpaired) electrons. The number of nitrogens with zero attached hydrogens (tertiary/aromatic N) is 5. The van der Waals surface area contributed by atoms with E-state index in [0.717, 1.165) is 53.4 Å². The lowest BCUT2D eigenvalue weighted by Crippen LogP contribution is -2.47. The van der Waals surface area contributed by atoms with Crippen molar-refractivity contribution < 1.29 is 0 Å². The smallest absolute Gasteiger partial charge is 0.138 e. The molecule has 2 aliphatic rings. The van der Waals surface area contributed by atoms with Crippen LogP contribution in [0.5, 0.6) is 0 Å². The normalized spacial score (nSPS) is 23.4. The van der Waals surface area contributed by atoms with E-state index in [2.05, 4.69) is 42.9 Å². The molecule has 3 N–H and O–H groups in total. The van der Waals surface area contributed by atoms with Gasteiger partial charge in [0, 0.05) is 54.8 Å². The van der Waals surface area contributed by atoms with Crippen LogP contribution >= 0.6 is 0 Å². The van der Waals surface area contributed by atoms with Gasteiger partial charge in [-0.05, 0) is 44.7 Å². The summed E-state index contributed by atoms with van der Waals surface area (Å²) in [6.07, 6.45) is 7.05. The van der Waals surface area contributed by atoms with Crippen LogP contribution in [0.25, 0.3) is 10.9 Å². The summed E-state index contributed by atoms with van der Waals surface area (Å²) in [4.78, 5) is 12.0. The van der Waals surface area contributed by atoms with Crippen LogP contribution in [0.1, 0.15) is 37.8 Å². The summed E-state index contributed by atoms with van der Waals surface area (Å²) in [6.45, 7) is 2.84. The molecule has 3 aromatic heterocycles. The Morgan fingerprint density at radius 3 is 2.83 bits per heavy atom. The third-order valence-electron chi connectivity index (χ3n) is 6.27. The van der Waals surface area contributed by atoms with Gasteiger partial charge in [-0.25, -0.2) is 4.98 Å². The number of anilines is 3. The topological polar surface area (TPSA) is 106 Å². The Labute approximate surface area is 175 Å². The Kier molecular flexibility index (Phi) is 4.97. The highest BCUT2D eigenvalue weighted by Crippen LogP contribution is 2.37. The fraction of sp³-hybridized carbons (Fsp3) is 0.455. The van der Waals surface area contributed by atoms with Gasteiger partial charge in [0.25, 0.3) is 0 Å². The molecule has 3 atom stereocenters. The van der Waals surface area contributed by atoms with Gasteiger partial charge in [0.2, 0.25) is 0 Å². The summed E-state index contributed by atoms with van der Waals surface area (Å²) < 4.78 is 0. The molecule has 5 heterocycles. The lowest BCUT2D eigenvalue weighted by molar-refractivity contribution is 0.136. The molecule has 3 aromatic rings. The van der Waals surface area contributed by atoms with Crippen LogP contribution < -0.4 is 10.6 Å². The fourth-order valence-electron chi connectivity index (χ4n) is 5.00. The lowest BCUT2D eigenvalue weighted by atomic mass is 9.97. The van der Waals surface area contributed by atoms with Gasteiger partial charge < -0.3 is 10.6 Å². The van der Waals surface area contributed by atoms with Crippen molar-refractivity contribution in [2.75, 3.05) is 17.2 Å². The molecule has 2 saturated heterocycles. The monoisotopic (exact) mass is 402 g/mol. The molecule has 0 unspecified atom stereocenters. The van der Waals surface area contributed by atoms with Crippen molar-refractivity contribution in [2.24, 2.45) is 0 Å². The average molecular weight is 403 g/mol. The van der Waals surface area contributed by atoms with E-state index in [-0.39, 0.29) is 0 Å². The van der Waals surface area contributed by atoms with E-state index in [1.165, 1.54) is 12.8 Å². The third kappa shape index (κ3) is 3.68. The second-order valence-electron chi connectivity index (χ2n) is 8.32. The predicted molar refractivity (Wildman–Crippen MR) is 117 cm³/mol. The summed E-state index contributed by atoms with van der Waals surface area (Å²) in [5, 5.41) is 24.2. The Balaban J connectivity index is 1.38. The molecule has 8 heteroatoms. The highest BCUT2D eigenvalue weighted by atomic mass is 15.2. The largest absolute Gasteiger partial charge is 0.367 e. The molecule has 0 aliphatic carbocycles. The van der Waals surface area contributed by atoms with E-state index < -0.39 is 0 Å². The van der Waals surface area contributed by atoms with Gasteiger partial charge in [0.05, 0.1) is 17.3 Å². The molecule has 5 rings (SSSR count). The van der Waals surface area contributed by atoms with Gasteiger partial charge in [-0.1, -0.05) is 0 Å². The summed E-state index contributed by atoms with van der Waals surface area (Å²) in [6, 6.07) is 11.7. The zero-order valence-corrected chi connectivity index (χ0v) is 17.1. The number of aryl methyl sites for hydroxylation is 1. The van der Waals surface area contributed by atoms with E-state index in [1.54, 1.807) is 0 Å². The minimum absolute atomic E-state index is 0.376. The molecule has 154 valence electrons. The second-order valence-corrected chi connectivity index (χ2v) is 8.32. The standard InChI is InChI=1S/C22H26N8/c1-14-10-21(29-28-14)26-20-13-19-18(4-2-8-24-19)22(27-20)25-15-11-16-5-6-17(12-15)30(16)9-3-7-23/h2,4,8,10,13,15-17H,3,5-6,9,11-12H2,1H3,(H3,25,26,27,28,29)/t15-,16+,17-. The summed E-state index contributed by atoms with van der Waals surface area (Å²) in [7, 11) is 0. The van der Waals surface area contributed by atoms with Crippen molar-refractivity contribution in [3.8, 4) is 6.07 Å². The highest BCUT2D eigenvalue weighted by Gasteiger charge is 2.40. The zero-order chi connectivity index (χ0) is 20.5. The van der Waals surface area contributed by atoms with Crippen LogP contribution in [0, 0.1) is 18.3 Å². The van der Waals surface area contributed by atoms with Crippen molar-refractivity contribution in [1.29, 1.82) is 5.26 Å². The Bertz CT molecular complexity index is 1070. The number of nitriles is 1. The fourth-order valence-corrected chi connectivity index (χ4v) is 5.00. The molecule has 2 bridgehead atoms. The van der Waals surface area contributed by atoms with Gasteiger partial charge in [0.1, 0.15) is 17.5 Å². The first-order chi connectivity index (χ1) is 14.7. The molecular formula is C22H26N8. The molecule has 0 spiro atoms. The summed E-state index contributed by atoms with van der Waals surface area (Å²) in [5.74, 6) is 2.42. The van der Waals surface area contributed by atoms with E-state index in [0.29, 0.717) is 24.5 Å². The van der Waals surface area contributed by atoms with Gasteiger partial charge in [-0.15, -0.1) is 0 Å². The van der Waals surface area contributed by atoms with Crippen LogP contribution in [0.15, 0.2) is 30.5 Å². The van der Waals surface area contributed by atoms with Gasteiger partial charge in [-0.3, -0.25) is 15.0 Å². The predicted octanol–water partition coefficient (Wildman–Crippen LogP) is 3.73. The van der Waals surface area contributed by atoms with E-state index in [4.69, 9.17) is 10.2 Å². The molecule has 8 nitrogen and oxygen atoms in total. The molecule has 0 saturated carbocycles. The third-order valence-corrected chi connectivity index (χ3v) is 6.27. The first-order valence-electron chi connectivity index (χ1n) is 10.6. The highest BCUT2D eigenvalue weighted by molar-refractivity contribution is 5.91. The SMILES string of the molecule is Cc1cc(Nc2cc3ncccc3c(N[C@H]3C[C@H]4CC[C@@H](C3)N4CCC#N)n2)[nH]n1. The van der Waals surface area contributed by atoms with Crippen molar-refractivity contribution in [3.05, 3.63) is 36.2 Å². The minimum atomic E-state index is 0.376. The number of aromatic nitrogens is 4. The number of pyridine rings is 2. The van der Waals surface area contributed by atoms with Gasteiger partial charge in [0.15, 0.2) is 0 Å². The Morgan fingerprint density at radius 1 is 1.27 bits per heavy atom. The van der Waals surface area contributed by atoms with Crippen molar-refractivity contribution in [1.82, 2.24) is 25.1 Å². The van der Waals surface area contributed by atoms with Crippen LogP contribution in [-0.2, 0) is 0 Å². The van der Waals surface area contributed by atoms with E-state index in [9.17, 15) is 0 Å². The van der Waals surface area contributed by atoms with Crippen molar-refractivity contribution in [2.45, 2.75) is 57.2 Å². The number of piperidine rings is 1. The summed E-state index contributed by atoms with van der Waals surface area (Å²) >= 11 is 0. The van der Waals surface area contributed by atoms with Crippen molar-refractivity contribution in [3.63, 3.8) is 0 Å². The molecule has 2 aliphatic heterocycles. The lowest BCUT2D eigenvalue weighted by Gasteiger charge is -2.39. The van der Waals surface area contributed by atoms with E-state index in [1.807, 2.05) is 31.3 Å². The molecule has 0 aromatic carbocycles. The Morgan fingerprint density at radius 2 is 2.10 bits per heavy atom. The van der Waals surface area contributed by atoms with Crippen LogP contribution in [0.4, 0.5) is 17.5 Å². The number of hydrogen-bond acceptors (Lipinski definition) is 7. The van der Waals surface area contributed by atoms with Crippen molar-refractivity contribution >= 4 is 28.4 Å². The van der Waals surface area contributed by atoms with Gasteiger partial charge >= 0.3 is 0 Å². The maximum absolute atomic E-state index is 8.96. The molecular weight excluding hydrogens is 376 g/mol. The Hall–Kier alpha value is -3.18. The van der Waals surface area contributed by atoms with Crippen LogP contribution in [0.3, 0.4) is 0 Å². The average Bonchev–Trinajstić information content (AvgIpc) is 3.25. The first kappa shape index (κ1) is 18.8. The number of hydrogen-bond donors (Lipinski definition) is 3. The first-order valence-corrected chi connectivity index (χ1v) is 10.6. The van der Waals surface area contributed by atoms with Crippen LogP contribution in [-0.4, -0.2) is 49.7 Å². The van der Waals surface area contributed by atoms with Crippen LogP contribution in [0.2, 0.25) is 0 Å². The number of aromatic amines is 1. The van der Waals surface area contributed by atoms with E-state index >= 15 is 0 Å². The number of H-pyrrole nitrogens is 1. The van der Waals surface area contributed by atoms with Gasteiger partial charge in [-0.2, -0.15) is 10.4 Å². The quantitative estimate of drug-likeness (QED) is 0.577. The zero-order valence-electron chi connectivity index (χ0n) is 17.1.